The van der Waals surface area contributed by atoms with Crippen molar-refractivity contribution < 1.29 is 128 Å². The molecule has 0 amide bonds. The predicted molar refractivity (Wildman–Crippen MR) is 522 cm³/mol. The third-order valence-electron chi connectivity index (χ3n) is 22.0. The first kappa shape index (κ1) is 102. The lowest BCUT2D eigenvalue weighted by Gasteiger charge is -2.16. The van der Waals surface area contributed by atoms with E-state index in [1.807, 2.05) is 12.1 Å². The van der Waals surface area contributed by atoms with Gasteiger partial charge in [-0.05, 0) is 294 Å². The Morgan fingerprint density at radius 3 is 0.637 bits per heavy atom. The van der Waals surface area contributed by atoms with Crippen molar-refractivity contribution in [3.8, 4) is 125 Å². The lowest BCUT2D eigenvalue weighted by atomic mass is 10.0. The summed E-state index contributed by atoms with van der Waals surface area (Å²) in [7, 11) is -13.7. The fourth-order valence-corrected chi connectivity index (χ4v) is 21.6. The van der Waals surface area contributed by atoms with Crippen LogP contribution in [-0.4, -0.2) is 29.8 Å². The highest BCUT2D eigenvalue weighted by atomic mass is 32.2. The van der Waals surface area contributed by atoms with Crippen LogP contribution in [0.1, 0.15) is 0 Å². The van der Waals surface area contributed by atoms with E-state index in [-0.39, 0.29) is 71.0 Å². The van der Waals surface area contributed by atoms with E-state index < -0.39 is 188 Å². The number of sulfone groups is 2. The number of ether oxygens (including phenoxy) is 6. The van der Waals surface area contributed by atoms with E-state index in [9.17, 15) is 29.8 Å². The Morgan fingerprint density at radius 1 is 0.205 bits per heavy atom. The molecule has 0 fully saturated rings. The van der Waals surface area contributed by atoms with Crippen LogP contribution in [0.3, 0.4) is 0 Å². The molecule has 734 valence electrons. The number of halogens is 16. The van der Waals surface area contributed by atoms with Crippen molar-refractivity contribution in [2.24, 2.45) is 0 Å². The number of benzene rings is 18. The summed E-state index contributed by atoms with van der Waals surface area (Å²) in [5.74, 6) is -39.4. The van der Waals surface area contributed by atoms with Crippen LogP contribution >= 0.6 is 72.3 Å². The van der Waals surface area contributed by atoms with E-state index >= 15 is 70.2 Å². The summed E-state index contributed by atoms with van der Waals surface area (Å²) in [5.41, 5.74) is -4.88. The van der Waals surface area contributed by atoms with Gasteiger partial charge in [0, 0.05) is 39.2 Å². The van der Waals surface area contributed by atoms with Crippen LogP contribution in [0.15, 0.2) is 407 Å². The smallest absolute Gasteiger partial charge is 0.298 e. The minimum atomic E-state index is -5.18. The second-order valence-corrected chi connectivity index (χ2v) is 42.2. The van der Waals surface area contributed by atoms with Crippen molar-refractivity contribution in [2.75, 3.05) is 0 Å². The Balaban J connectivity index is 0.444. The molecule has 0 heterocycles. The highest BCUT2D eigenvalue weighted by Gasteiger charge is 2.39. The molecule has 0 saturated carbocycles. The van der Waals surface area contributed by atoms with Crippen LogP contribution in [0.2, 0.25) is 0 Å². The van der Waals surface area contributed by atoms with Crippen LogP contribution < -0.4 is 28.4 Å². The Kier molecular flexibility index (Phi) is 29.4. The average Bonchev–Trinajstić information content (AvgIpc) is 0.744. The lowest BCUT2D eigenvalue weighted by molar-refractivity contribution is 0.366. The van der Waals surface area contributed by atoms with Crippen molar-refractivity contribution in [1.82, 2.24) is 0 Å². The van der Waals surface area contributed by atoms with Crippen molar-refractivity contribution in [3.63, 3.8) is 0 Å². The Morgan fingerprint density at radius 2 is 0.397 bits per heavy atom. The minimum Gasteiger partial charge on any atom is -0.457 e. The van der Waals surface area contributed by atoms with Crippen LogP contribution in [-0.2, 0) is 29.8 Å². The number of thiol groups is 2. The summed E-state index contributed by atoms with van der Waals surface area (Å²) in [5, 5.41) is 0. The lowest BCUT2D eigenvalue weighted by Crippen LogP contribution is -2.09. The van der Waals surface area contributed by atoms with E-state index in [2.05, 4.69) is 25.3 Å². The van der Waals surface area contributed by atoms with Gasteiger partial charge in [0.05, 0.1) is 51.6 Å². The van der Waals surface area contributed by atoms with E-state index in [1.54, 1.807) is 133 Å². The van der Waals surface area contributed by atoms with Crippen molar-refractivity contribution in [2.45, 2.75) is 73.4 Å². The van der Waals surface area contributed by atoms with E-state index in [1.165, 1.54) is 181 Å². The number of hydrogen-bond donors (Lipinski definition) is 3. The first-order chi connectivity index (χ1) is 69.9. The summed E-state index contributed by atoms with van der Waals surface area (Å²) in [4.78, 5) is 0.369. The minimum absolute atomic E-state index is 0.0279. The van der Waals surface area contributed by atoms with Gasteiger partial charge in [-0.1, -0.05) is 120 Å². The fourth-order valence-electron chi connectivity index (χ4n) is 14.7. The van der Waals surface area contributed by atoms with Crippen LogP contribution in [0.5, 0.6) is 69.0 Å². The first-order valence-corrected chi connectivity index (χ1v) is 51.0. The van der Waals surface area contributed by atoms with Gasteiger partial charge in [-0.2, -0.15) is 26.0 Å². The maximum atomic E-state index is 15.8. The van der Waals surface area contributed by atoms with Gasteiger partial charge in [0.1, 0.15) is 62.4 Å². The summed E-state index contributed by atoms with van der Waals surface area (Å²) in [6.45, 7) is 0. The van der Waals surface area contributed by atoms with Crippen molar-refractivity contribution >= 4 is 102 Å². The van der Waals surface area contributed by atoms with Gasteiger partial charge in [0.2, 0.25) is 54.4 Å². The van der Waals surface area contributed by atoms with Gasteiger partial charge in [0.25, 0.3) is 10.1 Å². The largest absolute Gasteiger partial charge is 0.457 e. The highest BCUT2D eigenvalue weighted by Crippen LogP contribution is 2.50. The van der Waals surface area contributed by atoms with Crippen LogP contribution in [0.25, 0.3) is 55.6 Å². The highest BCUT2D eigenvalue weighted by molar-refractivity contribution is 8.00. The molecule has 0 aliphatic rings. The zero-order valence-corrected chi connectivity index (χ0v) is 80.9. The first-order valence-electron chi connectivity index (χ1n) is 42.4. The van der Waals surface area contributed by atoms with Crippen molar-refractivity contribution in [3.05, 3.63) is 427 Å². The molecule has 13 nitrogen and oxygen atoms in total. The van der Waals surface area contributed by atoms with E-state index in [4.69, 9.17) is 28.4 Å². The molecular weight excluding hydrogens is 2100 g/mol. The van der Waals surface area contributed by atoms with Gasteiger partial charge in [-0.25, -0.2) is 69.5 Å². The molecule has 0 aliphatic heterocycles. The molecule has 1 N–H and O–H groups in total. The standard InChI is InChI=1S/C108H58F16O13S9/c109-89-85(87-93(113)101(121)107(102(122)94(87)114)142-77-43-39-75(40-44-77)140-73-35-31-71(138)32-36-73)90(110)98(118)105(97(89)117)136-69-21-9-60(10-22-69)58-5-17-63(18-6-58)133-66-27-49-80(50-28-66)144(125,126)79-47-25-65(26-48-79)132-62-13-1-56(2-14-62)57-3-15-64(16-4-57)134-67-29-51-81(52-30-67)145(127,128)82-53-54-83(84(55-82)146(129,130)131)135-68-19-7-59(8-20-68)61-11-23-70(24-12-61)137-106-99(119)91(111)86(92(112)100(106)120)88-95(115)103(123)108(104(124)96(88)116)143-78-45-41-76(42-46-78)141-74-37-33-72(139)34-38-74/h1-55,138-139H,(H,129,130,131). The second-order valence-electron chi connectivity index (χ2n) is 31.4. The number of rotatable bonds is 30. The topological polar surface area (TPSA) is 178 Å². The molecule has 18 rings (SSSR count). The molecule has 18 aromatic rings. The van der Waals surface area contributed by atoms with Gasteiger partial charge in [-0.15, -0.1) is 25.3 Å². The van der Waals surface area contributed by atoms with Crippen LogP contribution in [0.4, 0.5) is 70.2 Å². The third kappa shape index (κ3) is 21.6. The summed E-state index contributed by atoms with van der Waals surface area (Å²) in [6, 6.07) is 81.5. The molecule has 38 heteroatoms. The maximum Gasteiger partial charge on any atom is 0.298 e. The molecule has 0 atom stereocenters. The normalized spacial score (nSPS) is 11.7. The molecule has 146 heavy (non-hydrogen) atoms. The van der Waals surface area contributed by atoms with Crippen LogP contribution in [0, 0.1) is 93.1 Å². The quantitative estimate of drug-likeness (QED) is 0.0167. The molecule has 0 bridgehead atoms. The van der Waals surface area contributed by atoms with E-state index in [0.29, 0.717) is 61.1 Å². The molecule has 0 unspecified atom stereocenters. The molecule has 0 radical (unpaired) electrons. The summed E-state index contributed by atoms with van der Waals surface area (Å²) >= 11 is 11.6. The van der Waals surface area contributed by atoms with Gasteiger partial charge in [-0.3, -0.25) is 4.55 Å². The SMILES string of the molecule is O=S(=O)(O)c1cc(S(=O)(=O)c2ccc(Oc3ccc(-c4ccc(Oc5ccc(S(=O)(=O)c6ccc(Oc7ccc(-c8ccc(Oc9c(F)c(F)c(-c%10c(F)c(F)c(Sc%11ccc(Sc%12ccc(S)cc%12)cc%11)c(F)c%10F)c(F)c9F)cc8)cc7)cc6)cc5)cc4)cc3)cc2)ccc1Oc1ccc(-c2ccc(Oc3c(F)c(F)c(-c4c(F)c(F)c(Sc5ccc(Sc6ccc(S)cc6)cc5)c(F)c4F)c(F)c3F)cc2)cc1. The summed E-state index contributed by atoms with van der Waals surface area (Å²) in [6.07, 6.45) is 0. The zero-order valence-electron chi connectivity index (χ0n) is 73.4. The second kappa shape index (κ2) is 42.3. The van der Waals surface area contributed by atoms with Gasteiger partial charge < -0.3 is 28.4 Å². The Hall–Kier alpha value is -14.5. The summed E-state index contributed by atoms with van der Waals surface area (Å²) < 4.78 is 376. The number of hydrogen-bond acceptors (Lipinski definition) is 18. The molecule has 0 aliphatic carbocycles. The van der Waals surface area contributed by atoms with Crippen molar-refractivity contribution in [1.29, 1.82) is 0 Å². The van der Waals surface area contributed by atoms with Gasteiger partial charge >= 0.3 is 0 Å². The monoisotopic (exact) mass is 2150 g/mol. The molecule has 0 saturated heterocycles. The van der Waals surface area contributed by atoms with E-state index in [0.717, 1.165) is 55.0 Å². The Bertz CT molecular complexity index is 8350. The third-order valence-corrected chi connectivity index (χ3v) is 31.2. The molecule has 0 spiro atoms. The molecular formula is C108H58F16O13S9. The molecule has 18 aromatic carbocycles. The fraction of sp³-hybridized carbons (Fsp3) is 0. The Labute approximate surface area is 848 Å². The average molecular weight is 2160 g/mol. The molecule has 0 aromatic heterocycles. The van der Waals surface area contributed by atoms with Gasteiger partial charge in [0.15, 0.2) is 69.8 Å². The maximum absolute atomic E-state index is 15.8. The predicted octanol–water partition coefficient (Wildman–Crippen LogP) is 33.1. The zero-order chi connectivity index (χ0) is 103.